The predicted octanol–water partition coefficient (Wildman–Crippen LogP) is 2.56. The van der Waals surface area contributed by atoms with Crippen molar-refractivity contribution in [3.05, 3.63) is 29.8 Å². The van der Waals surface area contributed by atoms with Crippen LogP contribution in [-0.4, -0.2) is 31.9 Å². The van der Waals surface area contributed by atoms with Gasteiger partial charge in [0.15, 0.2) is 0 Å². The Balaban J connectivity index is 0.00000220. The van der Waals surface area contributed by atoms with Gasteiger partial charge in [-0.05, 0) is 56.8 Å². The van der Waals surface area contributed by atoms with E-state index in [0.717, 1.165) is 37.7 Å². The summed E-state index contributed by atoms with van der Waals surface area (Å²) in [5, 5.41) is 0. The minimum Gasteiger partial charge on any atom is -0.330 e. The molecular formula is C15H25ClN2O2S. The van der Waals surface area contributed by atoms with Crippen LogP contribution in [0.25, 0.3) is 0 Å². The largest absolute Gasteiger partial charge is 0.330 e. The second kappa shape index (κ2) is 8.13. The minimum atomic E-state index is -3.34. The Morgan fingerprint density at radius 3 is 2.48 bits per heavy atom. The van der Waals surface area contributed by atoms with Crippen molar-refractivity contribution in [2.45, 2.75) is 50.0 Å². The van der Waals surface area contributed by atoms with Gasteiger partial charge in [-0.3, -0.25) is 0 Å². The van der Waals surface area contributed by atoms with Gasteiger partial charge in [0.1, 0.15) is 0 Å². The predicted molar refractivity (Wildman–Crippen MR) is 88.3 cm³/mol. The second-order valence-electron chi connectivity index (χ2n) is 5.50. The Kier molecular flexibility index (Phi) is 7.13. The first-order chi connectivity index (χ1) is 9.55. The van der Waals surface area contributed by atoms with Crippen molar-refractivity contribution in [2.24, 2.45) is 5.73 Å². The van der Waals surface area contributed by atoms with E-state index in [9.17, 15) is 8.42 Å². The van der Waals surface area contributed by atoms with Crippen molar-refractivity contribution >= 4 is 22.4 Å². The zero-order valence-electron chi connectivity index (χ0n) is 12.5. The highest BCUT2D eigenvalue weighted by molar-refractivity contribution is 7.89. The van der Waals surface area contributed by atoms with E-state index in [1.54, 1.807) is 16.4 Å². The summed E-state index contributed by atoms with van der Waals surface area (Å²) in [5.74, 6) is 0. The molecule has 21 heavy (non-hydrogen) atoms. The first-order valence-electron chi connectivity index (χ1n) is 7.36. The van der Waals surface area contributed by atoms with Gasteiger partial charge >= 0.3 is 0 Å². The van der Waals surface area contributed by atoms with Gasteiger partial charge in [0.2, 0.25) is 10.0 Å². The molecule has 1 aromatic rings. The molecule has 0 saturated carbocycles. The Morgan fingerprint density at radius 2 is 1.90 bits per heavy atom. The van der Waals surface area contributed by atoms with Crippen LogP contribution in [0.4, 0.5) is 0 Å². The molecule has 1 aliphatic heterocycles. The zero-order chi connectivity index (χ0) is 14.6. The van der Waals surface area contributed by atoms with Crippen LogP contribution in [0, 0.1) is 0 Å². The van der Waals surface area contributed by atoms with E-state index in [-0.39, 0.29) is 18.4 Å². The van der Waals surface area contributed by atoms with E-state index in [1.807, 2.05) is 19.1 Å². The molecule has 0 aliphatic carbocycles. The van der Waals surface area contributed by atoms with Crippen LogP contribution in [0.2, 0.25) is 0 Å². The van der Waals surface area contributed by atoms with Gasteiger partial charge in [0, 0.05) is 12.6 Å². The van der Waals surface area contributed by atoms with E-state index < -0.39 is 10.0 Å². The molecule has 2 rings (SSSR count). The maximum atomic E-state index is 12.6. The second-order valence-corrected chi connectivity index (χ2v) is 7.39. The van der Waals surface area contributed by atoms with Crippen molar-refractivity contribution < 1.29 is 8.42 Å². The quantitative estimate of drug-likeness (QED) is 0.901. The number of nitrogens with two attached hydrogens (primary N) is 1. The Labute approximate surface area is 134 Å². The number of rotatable bonds is 5. The Bertz CT molecular complexity index is 531. The summed E-state index contributed by atoms with van der Waals surface area (Å²) in [6.07, 6.45) is 4.85. The van der Waals surface area contributed by atoms with Gasteiger partial charge < -0.3 is 5.73 Å². The summed E-state index contributed by atoms with van der Waals surface area (Å²) < 4.78 is 26.9. The molecule has 120 valence electrons. The molecule has 2 N–H and O–H groups in total. The maximum absolute atomic E-state index is 12.6. The summed E-state index contributed by atoms with van der Waals surface area (Å²) in [7, 11) is -3.34. The van der Waals surface area contributed by atoms with Crippen LogP contribution in [0.5, 0.6) is 0 Å². The van der Waals surface area contributed by atoms with E-state index in [0.29, 0.717) is 18.0 Å². The van der Waals surface area contributed by atoms with Crippen molar-refractivity contribution in [3.63, 3.8) is 0 Å². The monoisotopic (exact) mass is 332 g/mol. The van der Waals surface area contributed by atoms with Gasteiger partial charge in [-0.25, -0.2) is 8.42 Å². The highest BCUT2D eigenvalue weighted by Gasteiger charge is 2.30. The van der Waals surface area contributed by atoms with E-state index in [4.69, 9.17) is 5.73 Å². The van der Waals surface area contributed by atoms with Gasteiger partial charge in [0.25, 0.3) is 0 Å². The molecule has 1 heterocycles. The molecule has 0 radical (unpaired) electrons. The third-order valence-corrected chi connectivity index (χ3v) is 5.97. The van der Waals surface area contributed by atoms with Gasteiger partial charge in [-0.15, -0.1) is 12.4 Å². The third kappa shape index (κ3) is 4.42. The third-order valence-electron chi connectivity index (χ3n) is 3.94. The lowest BCUT2D eigenvalue weighted by molar-refractivity contribution is 0.268. The SMILES string of the molecule is CC1CCCCN1S(=O)(=O)c1ccc(CCCN)cc1.Cl. The van der Waals surface area contributed by atoms with Gasteiger partial charge in [-0.2, -0.15) is 4.31 Å². The fraction of sp³-hybridized carbons (Fsp3) is 0.600. The normalized spacial score (nSPS) is 20.0. The summed E-state index contributed by atoms with van der Waals surface area (Å²) in [6, 6.07) is 7.35. The molecule has 0 spiro atoms. The fourth-order valence-electron chi connectivity index (χ4n) is 2.70. The van der Waals surface area contributed by atoms with Crippen LogP contribution < -0.4 is 5.73 Å². The maximum Gasteiger partial charge on any atom is 0.243 e. The van der Waals surface area contributed by atoms with Crippen molar-refractivity contribution in [2.75, 3.05) is 13.1 Å². The lowest BCUT2D eigenvalue weighted by atomic mass is 10.1. The number of halogens is 1. The van der Waals surface area contributed by atoms with Crippen LogP contribution in [-0.2, 0) is 16.4 Å². The molecule has 0 aromatic heterocycles. The lowest BCUT2D eigenvalue weighted by Gasteiger charge is -2.32. The van der Waals surface area contributed by atoms with Gasteiger partial charge in [-0.1, -0.05) is 18.6 Å². The number of piperidine rings is 1. The molecule has 6 heteroatoms. The molecule has 1 fully saturated rings. The Morgan fingerprint density at radius 1 is 1.24 bits per heavy atom. The van der Waals surface area contributed by atoms with Crippen LogP contribution in [0.15, 0.2) is 29.2 Å². The first kappa shape index (κ1) is 18.4. The van der Waals surface area contributed by atoms with Crippen molar-refractivity contribution in [1.29, 1.82) is 0 Å². The lowest BCUT2D eigenvalue weighted by Crippen LogP contribution is -2.41. The summed E-state index contributed by atoms with van der Waals surface area (Å²) >= 11 is 0. The van der Waals surface area contributed by atoms with E-state index in [2.05, 4.69) is 0 Å². The van der Waals surface area contributed by atoms with Crippen LogP contribution in [0.3, 0.4) is 0 Å². The number of hydrogen-bond acceptors (Lipinski definition) is 3. The van der Waals surface area contributed by atoms with Crippen LogP contribution in [0.1, 0.15) is 38.2 Å². The van der Waals surface area contributed by atoms with E-state index in [1.165, 1.54) is 0 Å². The molecule has 1 atom stereocenters. The summed E-state index contributed by atoms with van der Waals surface area (Å²) in [5.41, 5.74) is 6.63. The number of aryl methyl sites for hydroxylation is 1. The molecule has 0 amide bonds. The first-order valence-corrected chi connectivity index (χ1v) is 8.80. The average molecular weight is 333 g/mol. The number of sulfonamides is 1. The minimum absolute atomic E-state index is 0. The summed E-state index contributed by atoms with van der Waals surface area (Å²) in [6.45, 7) is 3.29. The average Bonchev–Trinajstić information content (AvgIpc) is 2.46. The number of benzene rings is 1. The highest BCUT2D eigenvalue weighted by Crippen LogP contribution is 2.25. The Hall–Kier alpha value is -0.620. The molecule has 4 nitrogen and oxygen atoms in total. The van der Waals surface area contributed by atoms with Gasteiger partial charge in [0.05, 0.1) is 4.90 Å². The molecule has 0 bridgehead atoms. The topological polar surface area (TPSA) is 63.4 Å². The molecular weight excluding hydrogens is 308 g/mol. The standard InChI is InChI=1S/C15H24N2O2S.ClH/c1-13-5-2-3-12-17(13)20(18,19)15-9-7-14(8-10-15)6-4-11-16;/h7-10,13H,2-6,11-12,16H2,1H3;1H. The molecule has 1 saturated heterocycles. The number of nitrogens with zero attached hydrogens (tertiary/aromatic N) is 1. The highest BCUT2D eigenvalue weighted by atomic mass is 35.5. The molecule has 1 aromatic carbocycles. The smallest absolute Gasteiger partial charge is 0.243 e. The van der Waals surface area contributed by atoms with E-state index >= 15 is 0 Å². The fourth-order valence-corrected chi connectivity index (χ4v) is 4.40. The molecule has 1 aliphatic rings. The number of hydrogen-bond donors (Lipinski definition) is 1. The zero-order valence-corrected chi connectivity index (χ0v) is 14.1. The van der Waals surface area contributed by atoms with Crippen LogP contribution >= 0.6 is 12.4 Å². The van der Waals surface area contributed by atoms with Crippen molar-refractivity contribution in [1.82, 2.24) is 4.31 Å². The molecule has 1 unspecified atom stereocenters. The van der Waals surface area contributed by atoms with Crippen molar-refractivity contribution in [3.8, 4) is 0 Å². The summed E-state index contributed by atoms with van der Waals surface area (Å²) in [4.78, 5) is 0.405.